The molecule has 1 aliphatic heterocycles. The number of benzene rings is 1. The monoisotopic (exact) mass is 386 g/mol. The molecule has 1 fully saturated rings. The summed E-state index contributed by atoms with van der Waals surface area (Å²) in [6, 6.07) is 7.83. The Balaban J connectivity index is 1.80. The SMILES string of the molecule is Cc1ccc(N2CCN(S(=O)(=O)c3ccccc3C(F)(F)F)CC2)nn1. The van der Waals surface area contributed by atoms with E-state index in [-0.39, 0.29) is 13.1 Å². The number of anilines is 1. The maximum Gasteiger partial charge on any atom is 0.417 e. The second-order valence-corrected chi connectivity index (χ2v) is 7.82. The predicted molar refractivity (Wildman–Crippen MR) is 89.2 cm³/mol. The summed E-state index contributed by atoms with van der Waals surface area (Å²) in [5, 5.41) is 8.01. The van der Waals surface area contributed by atoms with Crippen LogP contribution < -0.4 is 4.90 Å². The normalized spacial score (nSPS) is 16.7. The molecule has 0 aliphatic carbocycles. The lowest BCUT2D eigenvalue weighted by Crippen LogP contribution is -2.49. The summed E-state index contributed by atoms with van der Waals surface area (Å²) >= 11 is 0. The Bertz CT molecular complexity index is 877. The quantitative estimate of drug-likeness (QED) is 0.810. The van der Waals surface area contributed by atoms with E-state index in [1.54, 1.807) is 19.1 Å². The van der Waals surface area contributed by atoms with Gasteiger partial charge in [-0.2, -0.15) is 22.6 Å². The molecule has 0 radical (unpaired) electrons. The van der Waals surface area contributed by atoms with E-state index in [1.165, 1.54) is 12.1 Å². The average molecular weight is 386 g/mol. The van der Waals surface area contributed by atoms with Gasteiger partial charge in [0.25, 0.3) is 0 Å². The first kappa shape index (κ1) is 18.6. The number of rotatable bonds is 3. The smallest absolute Gasteiger partial charge is 0.352 e. The lowest BCUT2D eigenvalue weighted by Gasteiger charge is -2.34. The molecule has 0 bridgehead atoms. The minimum Gasteiger partial charge on any atom is -0.352 e. The topological polar surface area (TPSA) is 66.4 Å². The van der Waals surface area contributed by atoms with Crippen LogP contribution in [-0.2, 0) is 16.2 Å². The number of alkyl halides is 3. The molecule has 1 saturated heterocycles. The molecule has 2 aromatic rings. The number of nitrogens with zero attached hydrogens (tertiary/aromatic N) is 4. The Labute approximate surface area is 149 Å². The third-order valence-electron chi connectivity index (χ3n) is 4.16. The minimum atomic E-state index is -4.73. The molecular weight excluding hydrogens is 369 g/mol. The highest BCUT2D eigenvalue weighted by Gasteiger charge is 2.39. The first-order valence-corrected chi connectivity index (χ1v) is 9.35. The third kappa shape index (κ3) is 3.65. The highest BCUT2D eigenvalue weighted by molar-refractivity contribution is 7.89. The van der Waals surface area contributed by atoms with Gasteiger partial charge in [-0.05, 0) is 31.2 Å². The van der Waals surface area contributed by atoms with Crippen molar-refractivity contribution in [2.24, 2.45) is 0 Å². The van der Waals surface area contributed by atoms with Crippen LogP contribution in [0.2, 0.25) is 0 Å². The van der Waals surface area contributed by atoms with Gasteiger partial charge in [-0.1, -0.05) is 12.1 Å². The zero-order chi connectivity index (χ0) is 18.9. The highest BCUT2D eigenvalue weighted by Crippen LogP contribution is 2.35. The number of hydrogen-bond acceptors (Lipinski definition) is 5. The van der Waals surface area contributed by atoms with Crippen LogP contribution in [-0.4, -0.2) is 49.1 Å². The summed E-state index contributed by atoms with van der Waals surface area (Å²) in [4.78, 5) is 1.14. The molecule has 1 aromatic carbocycles. The molecule has 1 aliphatic rings. The second-order valence-electron chi connectivity index (χ2n) is 5.92. The Morgan fingerprint density at radius 3 is 2.19 bits per heavy atom. The van der Waals surface area contributed by atoms with Gasteiger partial charge in [0.2, 0.25) is 10.0 Å². The van der Waals surface area contributed by atoms with Crippen molar-refractivity contribution in [2.75, 3.05) is 31.1 Å². The fourth-order valence-corrected chi connectivity index (χ4v) is 4.42. The van der Waals surface area contributed by atoms with Crippen molar-refractivity contribution < 1.29 is 21.6 Å². The molecule has 0 saturated carbocycles. The highest BCUT2D eigenvalue weighted by atomic mass is 32.2. The van der Waals surface area contributed by atoms with Crippen LogP contribution in [0.4, 0.5) is 19.0 Å². The van der Waals surface area contributed by atoms with Crippen LogP contribution >= 0.6 is 0 Å². The van der Waals surface area contributed by atoms with Gasteiger partial charge in [-0.15, -0.1) is 5.10 Å². The number of halogens is 3. The van der Waals surface area contributed by atoms with E-state index in [4.69, 9.17) is 0 Å². The van der Waals surface area contributed by atoms with Crippen molar-refractivity contribution in [3.63, 3.8) is 0 Å². The van der Waals surface area contributed by atoms with Crippen molar-refractivity contribution in [3.05, 3.63) is 47.7 Å². The Hall–Kier alpha value is -2.20. The molecule has 0 spiro atoms. The van der Waals surface area contributed by atoms with Crippen LogP contribution in [0, 0.1) is 6.92 Å². The molecule has 0 amide bonds. The molecule has 26 heavy (non-hydrogen) atoms. The van der Waals surface area contributed by atoms with E-state index >= 15 is 0 Å². The first-order chi connectivity index (χ1) is 12.2. The Kier molecular flexibility index (Phi) is 4.89. The van der Waals surface area contributed by atoms with Gasteiger partial charge in [-0.25, -0.2) is 8.42 Å². The predicted octanol–water partition coefficient (Wildman–Crippen LogP) is 2.31. The van der Waals surface area contributed by atoms with E-state index in [1.807, 2.05) is 4.90 Å². The fraction of sp³-hybridized carbons (Fsp3) is 0.375. The molecule has 0 N–H and O–H groups in total. The van der Waals surface area contributed by atoms with Gasteiger partial charge in [0, 0.05) is 26.2 Å². The zero-order valence-electron chi connectivity index (χ0n) is 13.9. The van der Waals surface area contributed by atoms with Crippen molar-refractivity contribution in [2.45, 2.75) is 18.0 Å². The van der Waals surface area contributed by atoms with Gasteiger partial charge in [0.1, 0.15) is 0 Å². The van der Waals surface area contributed by atoms with E-state index in [2.05, 4.69) is 10.2 Å². The van der Waals surface area contributed by atoms with E-state index in [0.29, 0.717) is 18.9 Å². The van der Waals surface area contributed by atoms with E-state index < -0.39 is 26.7 Å². The molecular formula is C16H17F3N4O2S. The van der Waals surface area contributed by atoms with Gasteiger partial charge in [0.05, 0.1) is 16.2 Å². The van der Waals surface area contributed by atoms with Gasteiger partial charge in [0.15, 0.2) is 5.82 Å². The van der Waals surface area contributed by atoms with Crippen LogP contribution in [0.3, 0.4) is 0 Å². The van der Waals surface area contributed by atoms with Crippen molar-refractivity contribution >= 4 is 15.8 Å². The van der Waals surface area contributed by atoms with Crippen molar-refractivity contribution in [1.29, 1.82) is 0 Å². The maximum atomic E-state index is 13.2. The fourth-order valence-electron chi connectivity index (χ4n) is 2.78. The summed E-state index contributed by atoms with van der Waals surface area (Å²) < 4.78 is 66.0. The maximum absolute atomic E-state index is 13.2. The number of hydrogen-bond donors (Lipinski definition) is 0. The van der Waals surface area contributed by atoms with Crippen LogP contribution in [0.5, 0.6) is 0 Å². The molecule has 6 nitrogen and oxygen atoms in total. The van der Waals surface area contributed by atoms with Crippen molar-refractivity contribution in [3.8, 4) is 0 Å². The summed E-state index contributed by atoms with van der Waals surface area (Å²) in [5.41, 5.74) is -0.384. The molecule has 2 heterocycles. The molecule has 1 aromatic heterocycles. The Morgan fingerprint density at radius 1 is 0.962 bits per heavy atom. The number of aryl methyl sites for hydroxylation is 1. The lowest BCUT2D eigenvalue weighted by molar-refractivity contribution is -0.139. The summed E-state index contributed by atoms with van der Waals surface area (Å²) in [7, 11) is -4.24. The van der Waals surface area contributed by atoms with E-state index in [9.17, 15) is 21.6 Å². The molecule has 10 heteroatoms. The molecule has 0 atom stereocenters. The van der Waals surface area contributed by atoms with Gasteiger partial charge < -0.3 is 4.90 Å². The van der Waals surface area contributed by atoms with Crippen LogP contribution in [0.25, 0.3) is 0 Å². The Morgan fingerprint density at radius 2 is 1.62 bits per heavy atom. The lowest BCUT2D eigenvalue weighted by atomic mass is 10.2. The van der Waals surface area contributed by atoms with Gasteiger partial charge in [-0.3, -0.25) is 0 Å². The second kappa shape index (κ2) is 6.84. The first-order valence-electron chi connectivity index (χ1n) is 7.91. The molecule has 140 valence electrons. The minimum absolute atomic E-state index is 0.0735. The largest absolute Gasteiger partial charge is 0.417 e. The summed E-state index contributed by atoms with van der Waals surface area (Å²) in [6.07, 6.45) is -4.73. The molecule has 3 rings (SSSR count). The van der Waals surface area contributed by atoms with E-state index in [0.717, 1.165) is 22.1 Å². The number of aromatic nitrogens is 2. The molecule has 0 unspecified atom stereocenters. The summed E-state index contributed by atoms with van der Waals surface area (Å²) in [6.45, 7) is 2.60. The summed E-state index contributed by atoms with van der Waals surface area (Å²) in [5.74, 6) is 0.614. The zero-order valence-corrected chi connectivity index (χ0v) is 14.8. The standard InChI is InChI=1S/C16H17F3N4O2S/c1-12-6-7-15(21-20-12)22-8-10-23(11-9-22)26(24,25)14-5-3-2-4-13(14)16(17,18)19/h2-7H,8-11H2,1H3. The van der Waals surface area contributed by atoms with Crippen molar-refractivity contribution in [1.82, 2.24) is 14.5 Å². The average Bonchev–Trinajstić information content (AvgIpc) is 2.62. The number of piperazine rings is 1. The third-order valence-corrected chi connectivity index (χ3v) is 6.11. The number of sulfonamides is 1. The van der Waals surface area contributed by atoms with Gasteiger partial charge >= 0.3 is 6.18 Å². The van der Waals surface area contributed by atoms with Crippen LogP contribution in [0.1, 0.15) is 11.3 Å². The van der Waals surface area contributed by atoms with Crippen LogP contribution in [0.15, 0.2) is 41.3 Å².